The Hall–Kier alpha value is -2.09. The summed E-state index contributed by atoms with van der Waals surface area (Å²) in [6.07, 6.45) is 1.85. The van der Waals surface area contributed by atoms with Crippen molar-refractivity contribution < 1.29 is 9.18 Å². The highest BCUT2D eigenvalue weighted by Crippen LogP contribution is 2.20. The number of rotatable bonds is 5. The molecule has 0 aliphatic carbocycles. The molecule has 0 fully saturated rings. The molecule has 0 aliphatic rings. The van der Waals surface area contributed by atoms with E-state index in [4.69, 9.17) is 0 Å². The fourth-order valence-corrected chi connectivity index (χ4v) is 2.66. The zero-order valence-electron chi connectivity index (χ0n) is 12.0. The smallest absolute Gasteiger partial charge is 0.261 e. The van der Waals surface area contributed by atoms with Gasteiger partial charge in [0.05, 0.1) is 11.8 Å². The van der Waals surface area contributed by atoms with Gasteiger partial charge in [0, 0.05) is 13.5 Å². The molecule has 2 heterocycles. The highest BCUT2D eigenvalue weighted by Gasteiger charge is 2.16. The summed E-state index contributed by atoms with van der Waals surface area (Å²) >= 11 is 1.31. The molecule has 2 aromatic rings. The number of nitrogens with zero attached hydrogens (tertiary/aromatic N) is 3. The predicted molar refractivity (Wildman–Crippen MR) is 80.1 cm³/mol. The van der Waals surface area contributed by atoms with Crippen LogP contribution >= 0.6 is 11.3 Å². The third-order valence-electron chi connectivity index (χ3n) is 2.61. The van der Waals surface area contributed by atoms with Gasteiger partial charge in [-0.15, -0.1) is 10.2 Å². The van der Waals surface area contributed by atoms with Crippen molar-refractivity contribution in [2.24, 2.45) is 5.92 Å². The number of pyridine rings is 1. The molecule has 0 saturated carbocycles. The van der Waals surface area contributed by atoms with Gasteiger partial charge in [-0.25, -0.2) is 9.37 Å². The number of amides is 1. The van der Waals surface area contributed by atoms with Crippen LogP contribution in [0.1, 0.15) is 29.2 Å². The van der Waals surface area contributed by atoms with Crippen LogP contribution in [-0.4, -0.2) is 28.1 Å². The molecule has 21 heavy (non-hydrogen) atoms. The molecule has 1 amide bonds. The van der Waals surface area contributed by atoms with Crippen LogP contribution in [0, 0.1) is 11.7 Å². The van der Waals surface area contributed by atoms with Crippen LogP contribution in [-0.2, 0) is 6.42 Å². The summed E-state index contributed by atoms with van der Waals surface area (Å²) in [6.45, 7) is 4.16. The van der Waals surface area contributed by atoms with Crippen molar-refractivity contribution >= 4 is 28.2 Å². The van der Waals surface area contributed by atoms with Crippen molar-refractivity contribution in [1.82, 2.24) is 15.2 Å². The molecular formula is C13H16FN5OS. The van der Waals surface area contributed by atoms with E-state index in [1.54, 1.807) is 7.05 Å². The third-order valence-corrected chi connectivity index (χ3v) is 3.47. The Bertz CT molecular complexity index is 643. The average molecular weight is 309 g/mol. The number of nitrogens with one attached hydrogen (secondary N) is 2. The Kier molecular flexibility index (Phi) is 4.79. The maximum absolute atomic E-state index is 13.2. The zero-order valence-corrected chi connectivity index (χ0v) is 12.8. The molecule has 0 spiro atoms. The van der Waals surface area contributed by atoms with Gasteiger partial charge in [0.2, 0.25) is 5.13 Å². The van der Waals surface area contributed by atoms with Gasteiger partial charge < -0.3 is 5.32 Å². The van der Waals surface area contributed by atoms with Gasteiger partial charge in [0.1, 0.15) is 16.6 Å². The van der Waals surface area contributed by atoms with Gasteiger partial charge in [0.25, 0.3) is 5.91 Å². The lowest BCUT2D eigenvalue weighted by Gasteiger charge is -2.06. The van der Waals surface area contributed by atoms with Crippen LogP contribution in [0.25, 0.3) is 0 Å². The largest absolute Gasteiger partial charge is 0.372 e. The normalized spacial score (nSPS) is 10.7. The minimum absolute atomic E-state index is 0.123. The van der Waals surface area contributed by atoms with Crippen LogP contribution in [0.2, 0.25) is 0 Å². The molecule has 2 N–H and O–H groups in total. The van der Waals surface area contributed by atoms with Crippen LogP contribution in [0.15, 0.2) is 12.3 Å². The Morgan fingerprint density at radius 3 is 2.86 bits per heavy atom. The topological polar surface area (TPSA) is 79.8 Å². The van der Waals surface area contributed by atoms with E-state index in [2.05, 4.69) is 39.7 Å². The second-order valence-electron chi connectivity index (χ2n) is 4.85. The maximum Gasteiger partial charge on any atom is 0.261 e. The number of carbonyl (C=O) groups excluding carboxylic acids is 1. The molecule has 0 saturated heterocycles. The molecule has 0 radical (unpaired) electrons. The van der Waals surface area contributed by atoms with Crippen molar-refractivity contribution in [3.63, 3.8) is 0 Å². The van der Waals surface area contributed by atoms with E-state index in [0.29, 0.717) is 16.9 Å². The molecule has 2 rings (SSSR count). The lowest BCUT2D eigenvalue weighted by atomic mass is 10.1. The van der Waals surface area contributed by atoms with Crippen molar-refractivity contribution in [1.29, 1.82) is 0 Å². The van der Waals surface area contributed by atoms with Crippen LogP contribution in [0.5, 0.6) is 0 Å². The van der Waals surface area contributed by atoms with E-state index in [-0.39, 0.29) is 5.56 Å². The van der Waals surface area contributed by atoms with Crippen LogP contribution in [0.3, 0.4) is 0 Å². The fraction of sp³-hybridized carbons (Fsp3) is 0.385. The summed E-state index contributed by atoms with van der Waals surface area (Å²) in [4.78, 5) is 16.0. The number of aromatic nitrogens is 3. The molecule has 0 atom stereocenters. The Morgan fingerprint density at radius 2 is 2.19 bits per heavy atom. The van der Waals surface area contributed by atoms with Gasteiger partial charge in [-0.05, 0) is 12.0 Å². The first-order chi connectivity index (χ1) is 9.99. The summed E-state index contributed by atoms with van der Waals surface area (Å²) < 4.78 is 13.2. The standard InChI is InChI=1S/C13H16FN5OS/c1-7(2)4-10-18-19-13(21-10)17-12(20)9-5-8(14)6-16-11(9)15-3/h5-7H,4H2,1-3H3,(H,15,16)(H,17,19,20). The second-order valence-corrected chi connectivity index (χ2v) is 5.91. The van der Waals surface area contributed by atoms with Crippen LogP contribution in [0.4, 0.5) is 15.3 Å². The minimum atomic E-state index is -0.572. The van der Waals surface area contributed by atoms with Crippen LogP contribution < -0.4 is 10.6 Å². The summed E-state index contributed by atoms with van der Waals surface area (Å²) in [5, 5.41) is 14.5. The lowest BCUT2D eigenvalue weighted by molar-refractivity contribution is 0.102. The molecule has 0 aliphatic heterocycles. The van der Waals surface area contributed by atoms with Crippen molar-refractivity contribution in [3.05, 3.63) is 28.7 Å². The molecule has 6 nitrogen and oxygen atoms in total. The second kappa shape index (κ2) is 6.57. The molecule has 8 heteroatoms. The van der Waals surface area contributed by atoms with Crippen molar-refractivity contribution in [2.75, 3.05) is 17.7 Å². The quantitative estimate of drug-likeness (QED) is 0.887. The van der Waals surface area contributed by atoms with E-state index < -0.39 is 11.7 Å². The maximum atomic E-state index is 13.2. The summed E-state index contributed by atoms with van der Waals surface area (Å²) in [7, 11) is 1.61. The summed E-state index contributed by atoms with van der Waals surface area (Å²) in [6, 6.07) is 1.13. The molecule has 2 aromatic heterocycles. The van der Waals surface area contributed by atoms with Gasteiger partial charge in [-0.3, -0.25) is 10.1 Å². The zero-order chi connectivity index (χ0) is 15.4. The fourth-order valence-electron chi connectivity index (χ4n) is 1.71. The molecular weight excluding hydrogens is 293 g/mol. The first-order valence-corrected chi connectivity index (χ1v) is 7.28. The number of carbonyl (C=O) groups is 1. The Morgan fingerprint density at radius 1 is 1.43 bits per heavy atom. The highest BCUT2D eigenvalue weighted by molar-refractivity contribution is 7.15. The molecule has 0 bridgehead atoms. The van der Waals surface area contributed by atoms with E-state index in [9.17, 15) is 9.18 Å². The SMILES string of the molecule is CNc1ncc(F)cc1C(=O)Nc1nnc(CC(C)C)s1. The third kappa shape index (κ3) is 3.94. The number of hydrogen-bond acceptors (Lipinski definition) is 6. The Labute approximate surface area is 125 Å². The van der Waals surface area contributed by atoms with E-state index in [1.165, 1.54) is 11.3 Å². The molecule has 0 unspecified atom stereocenters. The van der Waals surface area contributed by atoms with Crippen molar-refractivity contribution in [3.8, 4) is 0 Å². The summed E-state index contributed by atoms with van der Waals surface area (Å²) in [5.74, 6) is -0.277. The number of halogens is 1. The van der Waals surface area contributed by atoms with E-state index in [0.717, 1.165) is 23.7 Å². The minimum Gasteiger partial charge on any atom is -0.372 e. The van der Waals surface area contributed by atoms with E-state index >= 15 is 0 Å². The monoisotopic (exact) mass is 309 g/mol. The van der Waals surface area contributed by atoms with Crippen molar-refractivity contribution in [2.45, 2.75) is 20.3 Å². The first-order valence-electron chi connectivity index (χ1n) is 6.46. The molecule has 0 aromatic carbocycles. The van der Waals surface area contributed by atoms with Gasteiger partial charge in [-0.2, -0.15) is 0 Å². The first kappa shape index (κ1) is 15.3. The number of hydrogen-bond donors (Lipinski definition) is 2. The average Bonchev–Trinajstić information content (AvgIpc) is 2.85. The Balaban J connectivity index is 2.14. The lowest BCUT2D eigenvalue weighted by Crippen LogP contribution is -2.15. The van der Waals surface area contributed by atoms with Gasteiger partial charge in [-0.1, -0.05) is 25.2 Å². The van der Waals surface area contributed by atoms with Gasteiger partial charge >= 0.3 is 0 Å². The predicted octanol–water partition coefficient (Wildman–Crippen LogP) is 2.56. The summed E-state index contributed by atoms with van der Waals surface area (Å²) in [5.41, 5.74) is 0.123. The number of anilines is 2. The van der Waals surface area contributed by atoms with E-state index in [1.807, 2.05) is 0 Å². The van der Waals surface area contributed by atoms with Gasteiger partial charge in [0.15, 0.2) is 0 Å². The molecule has 112 valence electrons. The highest BCUT2D eigenvalue weighted by atomic mass is 32.1.